The van der Waals surface area contributed by atoms with Crippen LogP contribution in [0.1, 0.15) is 57.6 Å². The Kier molecular flexibility index (Phi) is 9.31. The lowest BCUT2D eigenvalue weighted by Crippen LogP contribution is -2.60. The van der Waals surface area contributed by atoms with E-state index < -0.39 is 22.9 Å². The molecule has 2 aromatic rings. The second-order valence-electron chi connectivity index (χ2n) is 12.3. The van der Waals surface area contributed by atoms with Gasteiger partial charge < -0.3 is 25.6 Å². The van der Waals surface area contributed by atoms with Crippen molar-refractivity contribution in [1.82, 2.24) is 15.1 Å². The van der Waals surface area contributed by atoms with Gasteiger partial charge >= 0.3 is 0 Å². The molecule has 4 rings (SSSR count). The van der Waals surface area contributed by atoms with E-state index in [9.17, 15) is 14.4 Å². The average Bonchev–Trinajstić information content (AvgIpc) is 3.18. The molecule has 216 valence electrons. The Morgan fingerprint density at radius 1 is 1.10 bits per heavy atom. The molecule has 2 aromatic carbocycles. The Hall–Kier alpha value is -3.23. The number of carbonyl (C=O) groups excluding carboxylic acids is 3. The van der Waals surface area contributed by atoms with E-state index in [1.165, 1.54) is 0 Å². The number of ether oxygens (including phenoxy) is 1. The van der Waals surface area contributed by atoms with Crippen LogP contribution in [-0.2, 0) is 25.7 Å². The maximum Gasteiger partial charge on any atom is 0.247 e. The Balaban J connectivity index is 1.57. The molecular weight excluding hydrogens is 504 g/mol. The number of nitrogens with two attached hydrogens (primary N) is 1. The van der Waals surface area contributed by atoms with Crippen LogP contribution in [0.4, 0.5) is 0 Å². The highest BCUT2D eigenvalue weighted by Crippen LogP contribution is 2.49. The number of carbonyl (C=O) groups is 3. The SMILES string of the molecule is CC(C)CN1CC(c2ccccc2)[C@@]2(CCCN(C(=O)C(COCc3ccccc3)NC(=O)C(C)(C)N)C2)C1=O. The van der Waals surface area contributed by atoms with Gasteiger partial charge in [0.05, 0.1) is 24.2 Å². The molecule has 1 spiro atoms. The van der Waals surface area contributed by atoms with Gasteiger partial charge in [0.1, 0.15) is 6.04 Å². The molecule has 0 bridgehead atoms. The third kappa shape index (κ3) is 6.73. The van der Waals surface area contributed by atoms with Crippen molar-refractivity contribution in [3.8, 4) is 0 Å². The van der Waals surface area contributed by atoms with Gasteiger partial charge in [-0.1, -0.05) is 74.5 Å². The second kappa shape index (κ2) is 12.5. The Morgan fingerprint density at radius 3 is 2.38 bits per heavy atom. The molecule has 0 aromatic heterocycles. The highest BCUT2D eigenvalue weighted by molar-refractivity contribution is 5.93. The minimum absolute atomic E-state index is 0.00851. The quantitative estimate of drug-likeness (QED) is 0.474. The molecule has 40 heavy (non-hydrogen) atoms. The predicted octanol–water partition coefficient (Wildman–Crippen LogP) is 3.32. The van der Waals surface area contributed by atoms with Gasteiger partial charge in [0.2, 0.25) is 17.7 Å². The molecule has 0 saturated carbocycles. The fourth-order valence-electron chi connectivity index (χ4n) is 5.99. The summed E-state index contributed by atoms with van der Waals surface area (Å²) in [6.45, 7) is 9.95. The predicted molar refractivity (Wildman–Crippen MR) is 155 cm³/mol. The third-order valence-electron chi connectivity index (χ3n) is 7.99. The standard InChI is InChI=1S/C32H44N4O4/c1-23(2)18-36-19-26(25-14-9-6-10-15-25)32(30(36)39)16-11-17-35(22-32)28(37)27(34-29(38)31(3,4)33)21-40-20-24-12-7-5-8-13-24/h5-10,12-15,23,26-27H,11,16-22,33H2,1-4H3,(H,34,38)/t26?,27?,32-/m0/s1. The van der Waals surface area contributed by atoms with Gasteiger partial charge in [0.15, 0.2) is 0 Å². The molecule has 2 fully saturated rings. The van der Waals surface area contributed by atoms with Gasteiger partial charge in [-0.05, 0) is 43.7 Å². The maximum atomic E-state index is 14.1. The number of hydrogen-bond acceptors (Lipinski definition) is 5. The molecular formula is C32H44N4O4. The van der Waals surface area contributed by atoms with Gasteiger partial charge in [-0.3, -0.25) is 14.4 Å². The summed E-state index contributed by atoms with van der Waals surface area (Å²) in [7, 11) is 0. The molecule has 2 heterocycles. The number of benzene rings is 2. The summed E-state index contributed by atoms with van der Waals surface area (Å²) in [5.74, 6) is -0.218. The molecule has 3 amide bonds. The van der Waals surface area contributed by atoms with Crippen molar-refractivity contribution in [2.75, 3.05) is 32.8 Å². The van der Waals surface area contributed by atoms with Crippen LogP contribution in [0.2, 0.25) is 0 Å². The van der Waals surface area contributed by atoms with E-state index in [1.54, 1.807) is 18.7 Å². The monoisotopic (exact) mass is 548 g/mol. The Bertz CT molecular complexity index is 1160. The Morgan fingerprint density at radius 2 is 1.75 bits per heavy atom. The van der Waals surface area contributed by atoms with Gasteiger partial charge in [-0.25, -0.2) is 0 Å². The number of likely N-dealkylation sites (tertiary alicyclic amines) is 2. The number of amides is 3. The fourth-order valence-corrected chi connectivity index (χ4v) is 5.99. The number of piperidine rings is 1. The molecule has 2 unspecified atom stereocenters. The van der Waals surface area contributed by atoms with Crippen LogP contribution < -0.4 is 11.1 Å². The lowest BCUT2D eigenvalue weighted by Gasteiger charge is -2.43. The van der Waals surface area contributed by atoms with Crippen LogP contribution in [0.3, 0.4) is 0 Å². The van der Waals surface area contributed by atoms with Crippen LogP contribution in [0.15, 0.2) is 60.7 Å². The van der Waals surface area contributed by atoms with E-state index in [2.05, 4.69) is 31.3 Å². The van der Waals surface area contributed by atoms with Crippen LogP contribution in [-0.4, -0.2) is 71.9 Å². The van der Waals surface area contributed by atoms with Gasteiger partial charge in [-0.2, -0.15) is 0 Å². The van der Waals surface area contributed by atoms with Crippen LogP contribution in [0.25, 0.3) is 0 Å². The van der Waals surface area contributed by atoms with Crippen LogP contribution in [0, 0.1) is 11.3 Å². The zero-order valence-electron chi connectivity index (χ0n) is 24.3. The smallest absolute Gasteiger partial charge is 0.247 e. The summed E-state index contributed by atoms with van der Waals surface area (Å²) >= 11 is 0. The van der Waals surface area contributed by atoms with Crippen molar-refractivity contribution in [3.05, 3.63) is 71.8 Å². The maximum absolute atomic E-state index is 14.1. The molecule has 2 saturated heterocycles. The summed E-state index contributed by atoms with van der Waals surface area (Å²) in [5, 5.41) is 2.83. The fraction of sp³-hybridized carbons (Fsp3) is 0.531. The van der Waals surface area contributed by atoms with Crippen LogP contribution in [0.5, 0.6) is 0 Å². The molecule has 3 atom stereocenters. The number of nitrogens with zero attached hydrogens (tertiary/aromatic N) is 2. The summed E-state index contributed by atoms with van der Waals surface area (Å²) in [6, 6.07) is 19.0. The summed E-state index contributed by atoms with van der Waals surface area (Å²) in [5.41, 5.74) is 6.29. The van der Waals surface area contributed by atoms with Crippen molar-refractivity contribution < 1.29 is 19.1 Å². The van der Waals surface area contributed by atoms with Crippen molar-refractivity contribution in [2.24, 2.45) is 17.1 Å². The molecule has 2 aliphatic heterocycles. The van der Waals surface area contributed by atoms with Crippen molar-refractivity contribution in [2.45, 2.75) is 64.6 Å². The summed E-state index contributed by atoms with van der Waals surface area (Å²) < 4.78 is 5.92. The minimum atomic E-state index is -1.15. The van der Waals surface area contributed by atoms with Crippen LogP contribution >= 0.6 is 0 Å². The normalized spacial score (nSPS) is 22.1. The highest BCUT2D eigenvalue weighted by Gasteiger charge is 2.56. The zero-order chi connectivity index (χ0) is 28.9. The molecule has 0 aliphatic carbocycles. The molecule has 2 aliphatic rings. The van der Waals surface area contributed by atoms with E-state index in [0.29, 0.717) is 45.1 Å². The highest BCUT2D eigenvalue weighted by atomic mass is 16.5. The average molecular weight is 549 g/mol. The summed E-state index contributed by atoms with van der Waals surface area (Å²) in [6.07, 6.45) is 1.44. The van der Waals surface area contributed by atoms with Gasteiger partial charge in [0.25, 0.3) is 0 Å². The lowest BCUT2D eigenvalue weighted by atomic mass is 9.69. The van der Waals surface area contributed by atoms with E-state index in [0.717, 1.165) is 17.5 Å². The third-order valence-corrected chi connectivity index (χ3v) is 7.99. The van der Waals surface area contributed by atoms with Crippen molar-refractivity contribution in [1.29, 1.82) is 0 Å². The van der Waals surface area contributed by atoms with Gasteiger partial charge in [-0.15, -0.1) is 0 Å². The summed E-state index contributed by atoms with van der Waals surface area (Å²) in [4.78, 5) is 44.7. The van der Waals surface area contributed by atoms with Crippen molar-refractivity contribution in [3.63, 3.8) is 0 Å². The van der Waals surface area contributed by atoms with E-state index in [4.69, 9.17) is 10.5 Å². The molecule has 3 N–H and O–H groups in total. The first-order valence-corrected chi connectivity index (χ1v) is 14.4. The van der Waals surface area contributed by atoms with E-state index in [-0.39, 0.29) is 24.3 Å². The topological polar surface area (TPSA) is 105 Å². The second-order valence-corrected chi connectivity index (χ2v) is 12.3. The van der Waals surface area contributed by atoms with E-state index in [1.807, 2.05) is 53.4 Å². The molecule has 8 heteroatoms. The first kappa shape index (κ1) is 29.7. The molecule has 0 radical (unpaired) electrons. The van der Waals surface area contributed by atoms with Gasteiger partial charge in [0, 0.05) is 32.1 Å². The largest absolute Gasteiger partial charge is 0.374 e. The minimum Gasteiger partial charge on any atom is -0.374 e. The lowest BCUT2D eigenvalue weighted by molar-refractivity contribution is -0.147. The molecule has 8 nitrogen and oxygen atoms in total. The number of nitrogens with one attached hydrogen (secondary N) is 1. The first-order valence-electron chi connectivity index (χ1n) is 14.4. The first-order chi connectivity index (χ1) is 19.0. The van der Waals surface area contributed by atoms with E-state index >= 15 is 0 Å². The number of rotatable bonds is 10. The zero-order valence-corrected chi connectivity index (χ0v) is 24.3. The number of hydrogen-bond donors (Lipinski definition) is 2. The Labute approximate surface area is 238 Å². The van der Waals surface area contributed by atoms with Crippen molar-refractivity contribution >= 4 is 17.7 Å².